The van der Waals surface area contributed by atoms with Crippen molar-refractivity contribution in [3.8, 4) is 11.4 Å². The molecular formula is C28H25N5O3. The number of aromatic nitrogens is 3. The molecule has 8 heteroatoms. The van der Waals surface area contributed by atoms with Gasteiger partial charge in [0.25, 0.3) is 11.1 Å². The highest BCUT2D eigenvalue weighted by atomic mass is 16.2. The maximum absolute atomic E-state index is 13.9. The van der Waals surface area contributed by atoms with Crippen LogP contribution in [0.25, 0.3) is 22.4 Å². The first-order valence-electron chi connectivity index (χ1n) is 11.4. The Morgan fingerprint density at radius 2 is 1.28 bits per heavy atom. The number of pyridine rings is 1. The van der Waals surface area contributed by atoms with Gasteiger partial charge >= 0.3 is 5.69 Å². The van der Waals surface area contributed by atoms with Crippen LogP contribution in [0.5, 0.6) is 0 Å². The van der Waals surface area contributed by atoms with E-state index in [1.54, 1.807) is 55.6 Å². The van der Waals surface area contributed by atoms with E-state index in [-0.39, 0.29) is 16.6 Å². The minimum Gasteiger partial charge on any atom is -0.378 e. The van der Waals surface area contributed by atoms with Crippen LogP contribution < -0.4 is 27.0 Å². The molecule has 0 saturated carbocycles. The van der Waals surface area contributed by atoms with E-state index in [9.17, 15) is 14.4 Å². The second kappa shape index (κ2) is 9.07. The molecule has 0 fully saturated rings. The smallest absolute Gasteiger partial charge is 0.341 e. The molecular weight excluding hydrogens is 454 g/mol. The summed E-state index contributed by atoms with van der Waals surface area (Å²) in [5.74, 6) is 0. The van der Waals surface area contributed by atoms with Gasteiger partial charge in [-0.3, -0.25) is 14.2 Å². The Kier molecular flexibility index (Phi) is 5.77. The van der Waals surface area contributed by atoms with Crippen LogP contribution >= 0.6 is 0 Å². The number of para-hydroxylation sites is 2. The summed E-state index contributed by atoms with van der Waals surface area (Å²) in [6.07, 6.45) is 0. The van der Waals surface area contributed by atoms with Crippen molar-refractivity contribution in [2.45, 2.75) is 0 Å². The van der Waals surface area contributed by atoms with E-state index in [0.29, 0.717) is 22.7 Å². The van der Waals surface area contributed by atoms with Crippen molar-refractivity contribution in [2.75, 3.05) is 24.3 Å². The zero-order valence-corrected chi connectivity index (χ0v) is 20.2. The van der Waals surface area contributed by atoms with Gasteiger partial charge in [-0.05, 0) is 48.5 Å². The third kappa shape index (κ3) is 3.88. The predicted octanol–water partition coefficient (Wildman–Crippen LogP) is 3.65. The molecule has 0 aliphatic carbocycles. The summed E-state index contributed by atoms with van der Waals surface area (Å²) in [4.78, 5) is 42.8. The van der Waals surface area contributed by atoms with Gasteiger partial charge in [0.2, 0.25) is 0 Å². The summed E-state index contributed by atoms with van der Waals surface area (Å²) in [6, 6.07) is 26.8. The fraction of sp³-hybridized carbons (Fsp3) is 0.107. The molecule has 0 bridgehead atoms. The Balaban J connectivity index is 1.88. The van der Waals surface area contributed by atoms with E-state index in [4.69, 9.17) is 0 Å². The highest BCUT2D eigenvalue weighted by molar-refractivity contribution is 5.91. The topological polar surface area (TPSA) is 81.3 Å². The Labute approximate surface area is 206 Å². The van der Waals surface area contributed by atoms with Crippen LogP contribution in [0.2, 0.25) is 0 Å². The van der Waals surface area contributed by atoms with Gasteiger partial charge in [-0.15, -0.1) is 0 Å². The number of fused-ring (bicyclic) bond motifs is 1. The maximum atomic E-state index is 13.9. The van der Waals surface area contributed by atoms with Gasteiger partial charge in [-0.2, -0.15) is 0 Å². The summed E-state index contributed by atoms with van der Waals surface area (Å²) in [5.41, 5.74) is 1.80. The van der Waals surface area contributed by atoms with Crippen LogP contribution in [0.3, 0.4) is 0 Å². The van der Waals surface area contributed by atoms with E-state index in [2.05, 4.69) is 5.32 Å². The number of nitrogens with one attached hydrogen (secondary N) is 1. The lowest BCUT2D eigenvalue weighted by Crippen LogP contribution is -2.40. The Morgan fingerprint density at radius 1 is 0.722 bits per heavy atom. The first-order chi connectivity index (χ1) is 17.4. The molecule has 0 radical (unpaired) electrons. The number of hydrogen-bond donors (Lipinski definition) is 1. The average Bonchev–Trinajstić information content (AvgIpc) is 2.88. The fourth-order valence-corrected chi connectivity index (χ4v) is 4.26. The zero-order chi connectivity index (χ0) is 25.4. The fourth-order valence-electron chi connectivity index (χ4n) is 4.26. The molecule has 2 heterocycles. The summed E-state index contributed by atoms with van der Waals surface area (Å²) in [6.45, 7) is 0. The quantitative estimate of drug-likeness (QED) is 0.416. The Morgan fingerprint density at radius 3 is 1.83 bits per heavy atom. The molecule has 0 saturated heterocycles. The van der Waals surface area contributed by atoms with Crippen LogP contribution in [0.4, 0.5) is 17.1 Å². The van der Waals surface area contributed by atoms with E-state index < -0.39 is 11.2 Å². The number of nitrogens with zero attached hydrogens (tertiary/aromatic N) is 4. The van der Waals surface area contributed by atoms with E-state index in [0.717, 1.165) is 10.3 Å². The van der Waals surface area contributed by atoms with Crippen molar-refractivity contribution in [3.63, 3.8) is 0 Å². The summed E-state index contributed by atoms with van der Waals surface area (Å²) in [5, 5.41) is 3.46. The van der Waals surface area contributed by atoms with Crippen molar-refractivity contribution in [1.82, 2.24) is 13.7 Å². The van der Waals surface area contributed by atoms with Crippen molar-refractivity contribution in [2.24, 2.45) is 7.05 Å². The van der Waals surface area contributed by atoms with E-state index in [1.807, 2.05) is 55.4 Å². The Bertz CT molecular complexity index is 1730. The largest absolute Gasteiger partial charge is 0.378 e. The van der Waals surface area contributed by atoms with Crippen molar-refractivity contribution < 1.29 is 0 Å². The molecule has 0 spiro atoms. The molecule has 180 valence electrons. The molecule has 1 N–H and O–H groups in total. The van der Waals surface area contributed by atoms with Gasteiger partial charge in [0.05, 0.1) is 17.1 Å². The van der Waals surface area contributed by atoms with Crippen LogP contribution in [0.15, 0.2) is 105 Å². The minimum absolute atomic E-state index is 0.211. The van der Waals surface area contributed by atoms with E-state index >= 15 is 0 Å². The molecule has 36 heavy (non-hydrogen) atoms. The van der Waals surface area contributed by atoms with Crippen LogP contribution in [0, 0.1) is 0 Å². The molecule has 0 aliphatic rings. The Hall–Kier alpha value is -4.85. The average molecular weight is 480 g/mol. The lowest BCUT2D eigenvalue weighted by molar-refractivity contribution is 0.784. The SMILES string of the molecule is CN(C)c1ccc(Nc2cc(=O)n(C)c3c2c(=O)n(-c2ccccc2)c(=O)n3-c2ccccc2)cc1. The molecule has 3 aromatic carbocycles. The zero-order valence-electron chi connectivity index (χ0n) is 20.2. The summed E-state index contributed by atoms with van der Waals surface area (Å²) < 4.78 is 3.88. The molecule has 8 nitrogen and oxygen atoms in total. The lowest BCUT2D eigenvalue weighted by atomic mass is 10.2. The number of benzene rings is 3. The van der Waals surface area contributed by atoms with E-state index in [1.165, 1.54) is 15.2 Å². The molecule has 0 aliphatic heterocycles. The maximum Gasteiger partial charge on any atom is 0.341 e. The van der Waals surface area contributed by atoms with Crippen molar-refractivity contribution in [3.05, 3.63) is 122 Å². The number of anilines is 3. The third-order valence-electron chi connectivity index (χ3n) is 6.11. The normalized spacial score (nSPS) is 11.0. The molecule has 0 atom stereocenters. The molecule has 5 rings (SSSR count). The standard InChI is InChI=1S/C28H25N5O3/c1-30(2)20-16-14-19(15-17-20)29-23-18-24(34)31(3)26-25(23)27(35)33(22-12-8-5-9-13-22)28(36)32(26)21-10-6-4-7-11-21/h4-18,29H,1-3H3. The van der Waals surface area contributed by atoms with Gasteiger partial charge in [0.15, 0.2) is 0 Å². The minimum atomic E-state index is -0.563. The molecule has 5 aromatic rings. The second-order valence-corrected chi connectivity index (χ2v) is 8.65. The number of aryl methyl sites for hydroxylation is 1. The molecule has 0 amide bonds. The first-order valence-corrected chi connectivity index (χ1v) is 11.4. The highest BCUT2D eigenvalue weighted by Crippen LogP contribution is 2.25. The van der Waals surface area contributed by atoms with Crippen molar-refractivity contribution in [1.29, 1.82) is 0 Å². The first kappa shape index (κ1) is 22.9. The van der Waals surface area contributed by atoms with Crippen molar-refractivity contribution >= 4 is 28.1 Å². The van der Waals surface area contributed by atoms with Gasteiger partial charge < -0.3 is 10.2 Å². The van der Waals surface area contributed by atoms with Gasteiger partial charge in [0, 0.05) is 38.6 Å². The predicted molar refractivity (Wildman–Crippen MR) is 144 cm³/mol. The summed E-state index contributed by atoms with van der Waals surface area (Å²) in [7, 11) is 5.46. The van der Waals surface area contributed by atoms with Crippen LogP contribution in [-0.2, 0) is 7.05 Å². The molecule has 2 aromatic heterocycles. The monoisotopic (exact) mass is 479 g/mol. The second-order valence-electron chi connectivity index (χ2n) is 8.65. The van der Waals surface area contributed by atoms with Crippen LogP contribution in [-0.4, -0.2) is 27.8 Å². The van der Waals surface area contributed by atoms with Gasteiger partial charge in [0.1, 0.15) is 11.0 Å². The van der Waals surface area contributed by atoms with Gasteiger partial charge in [-0.25, -0.2) is 13.9 Å². The number of hydrogen-bond acceptors (Lipinski definition) is 5. The number of rotatable bonds is 5. The molecule has 0 unspecified atom stereocenters. The highest BCUT2D eigenvalue weighted by Gasteiger charge is 2.21. The van der Waals surface area contributed by atoms with Gasteiger partial charge in [-0.1, -0.05) is 36.4 Å². The van der Waals surface area contributed by atoms with Crippen LogP contribution in [0.1, 0.15) is 0 Å². The lowest BCUT2D eigenvalue weighted by Gasteiger charge is -2.19. The third-order valence-corrected chi connectivity index (χ3v) is 6.11. The summed E-state index contributed by atoms with van der Waals surface area (Å²) >= 11 is 0.